The summed E-state index contributed by atoms with van der Waals surface area (Å²) in [7, 11) is -9.27. The first-order valence-corrected chi connectivity index (χ1v) is 12.6. The molecule has 0 radical (unpaired) electrons. The fraction of sp³-hybridized carbons (Fsp3) is 0.611. The predicted octanol–water partition coefficient (Wildman–Crippen LogP) is 8.23. The summed E-state index contributed by atoms with van der Waals surface area (Å²) in [5.41, 5.74) is -3.61. The third kappa shape index (κ3) is 6.86. The molecule has 0 heterocycles. The molecule has 35 heteroatoms. The molecular weight excluding hydrogens is 872 g/mol. The maximum Gasteiger partial charge on any atom is 0.460 e. The Hall–Kier alpha value is -3.56. The number of carbonyl (C=O) groups excluding carboxylic acids is 1. The molecule has 0 bridgehead atoms. The zero-order valence-electron chi connectivity index (χ0n) is 22.6. The van der Waals surface area contributed by atoms with Crippen molar-refractivity contribution in [2.75, 3.05) is 0 Å². The number of alkyl halides is 23. The molecule has 0 aliphatic carbocycles. The highest BCUT2D eigenvalue weighted by atomic mass is 32.2. The molecule has 0 saturated heterocycles. The van der Waals surface area contributed by atoms with Crippen LogP contribution in [0.25, 0.3) is 0 Å². The van der Waals surface area contributed by atoms with Gasteiger partial charge in [-0.3, -0.25) is 5.32 Å². The zero-order chi connectivity index (χ0) is 43.2. The van der Waals surface area contributed by atoms with E-state index in [-0.39, 0.29) is 0 Å². The van der Waals surface area contributed by atoms with Crippen molar-refractivity contribution in [3.05, 3.63) is 34.6 Å². The molecule has 0 aliphatic rings. The van der Waals surface area contributed by atoms with E-state index in [0.717, 1.165) is 0 Å². The molecule has 0 aliphatic heterocycles. The first-order chi connectivity index (χ1) is 22.7. The molecule has 2 N–H and O–H groups in total. The Kier molecular flexibility index (Phi) is 11.4. The van der Waals surface area contributed by atoms with Crippen LogP contribution in [0.2, 0.25) is 0 Å². The minimum Gasteiger partial charge on any atom is -0.380 e. The molecule has 0 atom stereocenters. The molecular formula is C18H2F28N2O4S. The summed E-state index contributed by atoms with van der Waals surface area (Å²) in [6.07, 6.45) is -18.8. The van der Waals surface area contributed by atoms with Crippen LogP contribution in [0.3, 0.4) is 0 Å². The highest BCUT2D eigenvalue weighted by Crippen LogP contribution is 2.64. The number of sulfonamides is 1. The number of nitrogens with one attached hydrogen (secondary N) is 2. The molecule has 0 saturated carbocycles. The highest BCUT2D eigenvalue weighted by molar-refractivity contribution is 7.90. The number of carbonyl (C=O) groups is 1. The summed E-state index contributed by atoms with van der Waals surface area (Å²) in [5, 5.41) is -9.97. The lowest BCUT2D eigenvalue weighted by Crippen LogP contribution is -2.75. The van der Waals surface area contributed by atoms with E-state index >= 15 is 0 Å². The van der Waals surface area contributed by atoms with Crippen molar-refractivity contribution >= 4 is 16.1 Å². The van der Waals surface area contributed by atoms with Crippen molar-refractivity contribution in [3.63, 3.8) is 0 Å². The van der Waals surface area contributed by atoms with Crippen LogP contribution in [0.15, 0.2) is 0 Å². The molecule has 0 unspecified atom stereocenters. The van der Waals surface area contributed by atoms with E-state index < -0.39 is 126 Å². The first-order valence-electron chi connectivity index (χ1n) is 11.1. The number of hydrogen-bond acceptors (Lipinski definition) is 4. The minimum absolute atomic E-state index is 1.07. The summed E-state index contributed by atoms with van der Waals surface area (Å²) >= 11 is 0. The Balaban J connectivity index is 3.60. The third-order valence-electron chi connectivity index (χ3n) is 5.67. The van der Waals surface area contributed by atoms with Gasteiger partial charge in [0.2, 0.25) is 5.82 Å². The number of amides is 1. The summed E-state index contributed by atoms with van der Waals surface area (Å²) in [4.78, 5) is 11.2. The molecule has 1 aromatic carbocycles. The number of benzene rings is 1. The van der Waals surface area contributed by atoms with E-state index in [9.17, 15) is 136 Å². The Morgan fingerprint density at radius 3 is 1.09 bits per heavy atom. The van der Waals surface area contributed by atoms with Crippen LogP contribution in [0.4, 0.5) is 128 Å². The van der Waals surface area contributed by atoms with Crippen molar-refractivity contribution in [1.29, 1.82) is 0 Å². The molecule has 0 fully saturated rings. The van der Waals surface area contributed by atoms with E-state index in [4.69, 9.17) is 0 Å². The van der Waals surface area contributed by atoms with Gasteiger partial charge in [0, 0.05) is 0 Å². The van der Waals surface area contributed by atoms with Gasteiger partial charge in [-0.25, -0.2) is 35.2 Å². The van der Waals surface area contributed by atoms with Crippen LogP contribution in [-0.2, 0) is 20.9 Å². The van der Waals surface area contributed by atoms with Crippen LogP contribution in [0.5, 0.6) is 0 Å². The molecule has 6 nitrogen and oxygen atoms in total. The molecule has 1 amide bonds. The number of ether oxygens (including phenoxy) is 1. The molecule has 1 aromatic rings. The van der Waals surface area contributed by atoms with Gasteiger partial charge in [0.15, 0.2) is 23.3 Å². The van der Waals surface area contributed by atoms with E-state index in [2.05, 4.69) is 4.74 Å². The van der Waals surface area contributed by atoms with E-state index in [0.29, 0.717) is 0 Å². The van der Waals surface area contributed by atoms with Gasteiger partial charge in [0.1, 0.15) is 5.56 Å². The summed E-state index contributed by atoms with van der Waals surface area (Å²) < 4.78 is 398. The van der Waals surface area contributed by atoms with Gasteiger partial charge in [-0.05, 0) is 0 Å². The van der Waals surface area contributed by atoms with Crippen LogP contribution in [0.1, 0.15) is 5.56 Å². The lowest BCUT2D eigenvalue weighted by Gasteiger charge is -2.42. The van der Waals surface area contributed by atoms with Crippen molar-refractivity contribution in [2.24, 2.45) is 0 Å². The van der Waals surface area contributed by atoms with Gasteiger partial charge in [-0.1, -0.05) is 0 Å². The Morgan fingerprint density at radius 1 is 0.453 bits per heavy atom. The SMILES string of the molecule is O=C(NC(F)(F)C(F)(F)NS(=O)(=O)C(F)(F)C(F)(F)C(F)(F)C(F)(F)C(F)(F)C(F)(F)C(F)(F)C(F)(F)F)OC(F)(F)c1c(F)c(F)c(F)c(F)c1F. The number of alkyl carbamates (subject to hydrolysis) is 1. The first kappa shape index (κ1) is 47.5. The second kappa shape index (κ2) is 12.8. The van der Waals surface area contributed by atoms with Crippen molar-refractivity contribution in [3.8, 4) is 0 Å². The predicted molar refractivity (Wildman–Crippen MR) is 102 cm³/mol. The van der Waals surface area contributed by atoms with E-state index in [1.807, 2.05) is 0 Å². The summed E-state index contributed by atoms with van der Waals surface area (Å²) in [5.74, 6) is -72.6. The maximum absolute atomic E-state index is 14.0. The third-order valence-corrected chi connectivity index (χ3v) is 7.12. The van der Waals surface area contributed by atoms with E-state index in [1.165, 1.54) is 0 Å². The summed E-state index contributed by atoms with van der Waals surface area (Å²) in [6, 6.07) is -15.1. The maximum atomic E-state index is 14.0. The fourth-order valence-corrected chi connectivity index (χ4v) is 3.93. The van der Waals surface area contributed by atoms with Gasteiger partial charge in [0.25, 0.3) is 10.0 Å². The van der Waals surface area contributed by atoms with Crippen LogP contribution >= 0.6 is 0 Å². The number of rotatable bonds is 13. The van der Waals surface area contributed by atoms with Crippen molar-refractivity contribution in [1.82, 2.24) is 10.0 Å². The molecule has 0 spiro atoms. The lowest BCUT2D eigenvalue weighted by molar-refractivity contribution is -0.458. The van der Waals surface area contributed by atoms with Crippen LogP contribution in [0, 0.1) is 29.1 Å². The molecule has 1 rings (SSSR count). The quantitative estimate of drug-likeness (QED) is 0.0907. The normalized spacial score (nSPS) is 15.5. The Morgan fingerprint density at radius 2 is 0.755 bits per heavy atom. The standard InChI is InChI=1S/C18H2F28N2O4S/c19-2-1(3(20)5(22)6(23)4(2)21)8(24,25)52-7(49)47-16(41,42)17(43,44)48-53(50,51)18(45,46)14(36,37)12(32,33)10(28,29)9(26,27)11(30,31)13(34,35)15(38,39)40/h48H,(H,47,49). The topological polar surface area (TPSA) is 84.5 Å². The van der Waals surface area contributed by atoms with Crippen LogP contribution < -0.4 is 10.0 Å². The van der Waals surface area contributed by atoms with Crippen molar-refractivity contribution < 1.29 is 141 Å². The Labute approximate surface area is 268 Å². The summed E-state index contributed by atoms with van der Waals surface area (Å²) in [6.45, 7) is 0. The van der Waals surface area contributed by atoms with Gasteiger partial charge >= 0.3 is 71.3 Å². The zero-order valence-corrected chi connectivity index (χ0v) is 23.4. The average molecular weight is 874 g/mol. The number of hydrogen-bond donors (Lipinski definition) is 2. The Bertz CT molecular complexity index is 1670. The highest BCUT2D eigenvalue weighted by Gasteiger charge is 2.96. The smallest absolute Gasteiger partial charge is 0.380 e. The fourth-order valence-electron chi connectivity index (χ4n) is 2.88. The number of halogens is 28. The monoisotopic (exact) mass is 874 g/mol. The molecule has 53 heavy (non-hydrogen) atoms. The van der Waals surface area contributed by atoms with Gasteiger partial charge in [-0.2, -0.15) is 101 Å². The van der Waals surface area contributed by atoms with Crippen molar-refractivity contribution in [2.45, 2.75) is 65.2 Å². The second-order valence-corrected chi connectivity index (χ2v) is 10.9. The minimum atomic E-state index is -9.49. The largest absolute Gasteiger partial charge is 0.460 e. The molecule has 310 valence electrons. The van der Waals surface area contributed by atoms with E-state index in [1.54, 1.807) is 0 Å². The van der Waals surface area contributed by atoms with Gasteiger partial charge in [-0.15, -0.1) is 4.72 Å². The molecule has 0 aromatic heterocycles. The lowest BCUT2D eigenvalue weighted by atomic mass is 9.91. The second-order valence-electron chi connectivity index (χ2n) is 9.19. The van der Waals surface area contributed by atoms with Crippen LogP contribution in [-0.4, -0.2) is 73.6 Å². The van der Waals surface area contributed by atoms with Gasteiger partial charge in [0.05, 0.1) is 0 Å². The van der Waals surface area contributed by atoms with Gasteiger partial charge < -0.3 is 4.74 Å². The average Bonchev–Trinajstić information content (AvgIpc) is 2.92.